The van der Waals surface area contributed by atoms with E-state index in [4.69, 9.17) is 0 Å². The lowest BCUT2D eigenvalue weighted by molar-refractivity contribution is 0.342. The first-order chi connectivity index (χ1) is 11.9. The minimum absolute atomic E-state index is 0.0584. The van der Waals surface area contributed by atoms with Gasteiger partial charge in [0.25, 0.3) is 0 Å². The lowest BCUT2D eigenvalue weighted by Gasteiger charge is -2.19. The van der Waals surface area contributed by atoms with Crippen molar-refractivity contribution in [3.05, 3.63) is 76.9 Å². The molecule has 0 bridgehead atoms. The summed E-state index contributed by atoms with van der Waals surface area (Å²) in [5.74, 6) is -0.120. The second-order valence-electron chi connectivity index (χ2n) is 6.13. The van der Waals surface area contributed by atoms with Crippen LogP contribution in [0.3, 0.4) is 0 Å². The molecule has 1 atom stereocenters. The van der Waals surface area contributed by atoms with E-state index in [0.717, 1.165) is 22.3 Å². The van der Waals surface area contributed by atoms with Crippen LogP contribution in [-0.2, 0) is 10.0 Å². The molecule has 0 saturated carbocycles. The molecule has 0 aliphatic heterocycles. The topological polar surface area (TPSA) is 57.6 Å². The van der Waals surface area contributed by atoms with Crippen molar-refractivity contribution < 1.29 is 13.5 Å². The van der Waals surface area contributed by atoms with Gasteiger partial charge in [0.1, 0.15) is 0 Å². The van der Waals surface area contributed by atoms with Crippen LogP contribution in [0.25, 0.3) is 12.2 Å². The molecule has 2 aromatic carbocycles. The normalized spacial score (nSPS) is 16.7. The fourth-order valence-corrected chi connectivity index (χ4v) is 3.98. The highest BCUT2D eigenvalue weighted by atomic mass is 32.2. The van der Waals surface area contributed by atoms with Crippen LogP contribution in [0.4, 0.5) is 0 Å². The Morgan fingerprint density at radius 3 is 2.40 bits per heavy atom. The van der Waals surface area contributed by atoms with Gasteiger partial charge in [-0.15, -0.1) is 0 Å². The van der Waals surface area contributed by atoms with Gasteiger partial charge in [-0.25, -0.2) is 12.7 Å². The summed E-state index contributed by atoms with van der Waals surface area (Å²) < 4.78 is 26.3. The number of fused-ring (bicyclic) bond motifs is 2. The van der Waals surface area contributed by atoms with Crippen LogP contribution in [0.2, 0.25) is 0 Å². The maximum absolute atomic E-state index is 12.5. The average molecular weight is 355 g/mol. The highest BCUT2D eigenvalue weighted by molar-refractivity contribution is 7.89. The fourth-order valence-electron chi connectivity index (χ4n) is 3.04. The molecular formula is C20H21NO3S. The molecule has 1 aliphatic carbocycles. The number of nitrogens with zero attached hydrogens (tertiary/aromatic N) is 1. The van der Waals surface area contributed by atoms with Crippen LogP contribution in [0.1, 0.15) is 28.2 Å². The number of hydrogen-bond acceptors (Lipinski definition) is 3. The molecule has 1 unspecified atom stereocenters. The molecule has 130 valence electrons. The summed E-state index contributed by atoms with van der Waals surface area (Å²) in [4.78, 5) is 0.270. The number of aliphatic hydroxyl groups excluding tert-OH is 1. The van der Waals surface area contributed by atoms with Crippen molar-refractivity contribution in [1.29, 1.82) is 0 Å². The van der Waals surface area contributed by atoms with Crippen LogP contribution >= 0.6 is 0 Å². The third kappa shape index (κ3) is 3.31. The Bertz CT molecular complexity index is 943. The van der Waals surface area contributed by atoms with E-state index >= 15 is 0 Å². The number of sulfonamides is 1. The van der Waals surface area contributed by atoms with Crippen molar-refractivity contribution in [2.24, 2.45) is 0 Å². The van der Waals surface area contributed by atoms with Crippen molar-refractivity contribution in [2.75, 3.05) is 20.7 Å². The van der Waals surface area contributed by atoms with Crippen LogP contribution < -0.4 is 0 Å². The number of allylic oxidation sites excluding steroid dienone is 1. The van der Waals surface area contributed by atoms with Crippen molar-refractivity contribution >= 4 is 22.2 Å². The molecule has 2 aromatic rings. The van der Waals surface area contributed by atoms with E-state index in [1.807, 2.05) is 48.6 Å². The zero-order valence-electron chi connectivity index (χ0n) is 14.3. The molecule has 0 radical (unpaired) electrons. The zero-order valence-corrected chi connectivity index (χ0v) is 15.1. The van der Waals surface area contributed by atoms with Gasteiger partial charge in [-0.2, -0.15) is 0 Å². The predicted octanol–water partition coefficient (Wildman–Crippen LogP) is 3.10. The highest BCUT2D eigenvalue weighted by Gasteiger charge is 2.23. The largest absolute Gasteiger partial charge is 0.392 e. The summed E-state index contributed by atoms with van der Waals surface area (Å²) >= 11 is 0. The van der Waals surface area contributed by atoms with E-state index in [1.54, 1.807) is 18.2 Å². The Balaban J connectivity index is 2.23. The molecule has 25 heavy (non-hydrogen) atoms. The summed E-state index contributed by atoms with van der Waals surface area (Å²) in [6.07, 6.45) is 7.68. The molecule has 0 aromatic heterocycles. The molecule has 0 saturated heterocycles. The van der Waals surface area contributed by atoms with Gasteiger partial charge in [0.15, 0.2) is 0 Å². The molecule has 3 rings (SSSR count). The summed E-state index contributed by atoms with van der Waals surface area (Å²) in [5, 5.41) is 9.21. The Labute approximate surface area is 148 Å². The highest BCUT2D eigenvalue weighted by Crippen LogP contribution is 2.36. The maximum Gasteiger partial charge on any atom is 0.242 e. The van der Waals surface area contributed by atoms with Gasteiger partial charge < -0.3 is 5.11 Å². The van der Waals surface area contributed by atoms with Gasteiger partial charge in [0.05, 0.1) is 11.5 Å². The van der Waals surface area contributed by atoms with Crippen molar-refractivity contribution in [3.8, 4) is 0 Å². The predicted molar refractivity (Wildman–Crippen MR) is 101 cm³/mol. The van der Waals surface area contributed by atoms with Crippen LogP contribution in [0.5, 0.6) is 0 Å². The van der Waals surface area contributed by atoms with Gasteiger partial charge in [-0.1, -0.05) is 54.6 Å². The first-order valence-electron chi connectivity index (χ1n) is 8.06. The van der Waals surface area contributed by atoms with Crippen molar-refractivity contribution in [2.45, 2.75) is 10.8 Å². The van der Waals surface area contributed by atoms with E-state index in [-0.39, 0.29) is 17.4 Å². The minimum Gasteiger partial charge on any atom is -0.392 e. The summed E-state index contributed by atoms with van der Waals surface area (Å²) in [5.41, 5.74) is 4.06. The molecule has 0 fully saturated rings. The summed E-state index contributed by atoms with van der Waals surface area (Å²) in [7, 11) is -0.454. The molecule has 0 spiro atoms. The molecule has 1 N–H and O–H groups in total. The quantitative estimate of drug-likeness (QED) is 0.858. The molecule has 1 aliphatic rings. The SMILES string of the molecule is CN(C)S(=O)(=O)c1ccc2c(c1)C(C=CCO)c1ccccc1C=C2. The van der Waals surface area contributed by atoms with E-state index in [0.29, 0.717) is 0 Å². The smallest absolute Gasteiger partial charge is 0.242 e. The Morgan fingerprint density at radius 1 is 1.04 bits per heavy atom. The summed E-state index contributed by atoms with van der Waals surface area (Å²) in [6.45, 7) is -0.0584. The van der Waals surface area contributed by atoms with E-state index in [9.17, 15) is 13.5 Å². The van der Waals surface area contributed by atoms with Crippen LogP contribution in [0.15, 0.2) is 59.5 Å². The number of aliphatic hydroxyl groups is 1. The first kappa shape index (κ1) is 17.6. The van der Waals surface area contributed by atoms with Gasteiger partial charge >= 0.3 is 0 Å². The second kappa shape index (κ2) is 6.96. The second-order valence-corrected chi connectivity index (χ2v) is 8.28. The lowest BCUT2D eigenvalue weighted by Crippen LogP contribution is -2.22. The average Bonchev–Trinajstić information content (AvgIpc) is 2.76. The van der Waals surface area contributed by atoms with Gasteiger partial charge in [-0.05, 0) is 34.4 Å². The number of rotatable bonds is 4. The molecule has 0 amide bonds. The van der Waals surface area contributed by atoms with Gasteiger partial charge in [0, 0.05) is 20.0 Å². The molecule has 0 heterocycles. The monoisotopic (exact) mass is 355 g/mol. The Kier molecular flexibility index (Phi) is 4.90. The van der Waals surface area contributed by atoms with Crippen molar-refractivity contribution in [1.82, 2.24) is 4.31 Å². The first-order valence-corrected chi connectivity index (χ1v) is 9.50. The van der Waals surface area contributed by atoms with Crippen molar-refractivity contribution in [3.63, 3.8) is 0 Å². The third-order valence-electron chi connectivity index (χ3n) is 4.38. The van der Waals surface area contributed by atoms with E-state index in [2.05, 4.69) is 0 Å². The third-order valence-corrected chi connectivity index (χ3v) is 6.19. The van der Waals surface area contributed by atoms with E-state index in [1.165, 1.54) is 18.4 Å². The number of benzene rings is 2. The van der Waals surface area contributed by atoms with E-state index < -0.39 is 10.0 Å². The zero-order chi connectivity index (χ0) is 18.0. The van der Waals surface area contributed by atoms with Gasteiger partial charge in [-0.3, -0.25) is 0 Å². The van der Waals surface area contributed by atoms with Crippen LogP contribution in [-0.4, -0.2) is 38.5 Å². The van der Waals surface area contributed by atoms with Crippen LogP contribution in [0, 0.1) is 0 Å². The Hall–Kier alpha value is -2.21. The van der Waals surface area contributed by atoms with Gasteiger partial charge in [0.2, 0.25) is 10.0 Å². The standard InChI is InChI=1S/C20H21NO3S/c1-21(2)25(23,24)17-12-11-16-10-9-15-6-3-4-7-18(15)19(8-5-13-22)20(16)14-17/h3-12,14,19,22H,13H2,1-2H3. The molecule has 4 nitrogen and oxygen atoms in total. The molecular weight excluding hydrogens is 334 g/mol. The maximum atomic E-state index is 12.5. The fraction of sp³-hybridized carbons (Fsp3) is 0.200. The minimum atomic E-state index is -3.51. The summed E-state index contributed by atoms with van der Waals surface area (Å²) in [6, 6.07) is 13.2. The molecule has 5 heteroatoms. The Morgan fingerprint density at radius 2 is 1.72 bits per heavy atom. The number of hydrogen-bond donors (Lipinski definition) is 1. The lowest BCUT2D eigenvalue weighted by atomic mass is 9.87.